The van der Waals surface area contributed by atoms with Crippen molar-refractivity contribution in [2.45, 2.75) is 44.6 Å². The fourth-order valence-corrected chi connectivity index (χ4v) is 4.93. The lowest BCUT2D eigenvalue weighted by molar-refractivity contribution is 0.360. The Kier molecular flexibility index (Phi) is 3.99. The van der Waals surface area contributed by atoms with Crippen LogP contribution in [0.3, 0.4) is 0 Å². The number of hydrogen-bond acceptors (Lipinski definition) is 6. The van der Waals surface area contributed by atoms with Crippen molar-refractivity contribution in [3.8, 4) is 11.5 Å². The Morgan fingerprint density at radius 2 is 2.08 bits per heavy atom. The van der Waals surface area contributed by atoms with Gasteiger partial charge in [-0.05, 0) is 44.1 Å². The Morgan fingerprint density at radius 1 is 1.28 bits per heavy atom. The van der Waals surface area contributed by atoms with E-state index in [-0.39, 0.29) is 5.56 Å². The highest BCUT2D eigenvalue weighted by molar-refractivity contribution is 7.88. The number of aromatic amines is 1. The van der Waals surface area contributed by atoms with Crippen LogP contribution in [-0.2, 0) is 22.9 Å². The predicted octanol–water partition coefficient (Wildman–Crippen LogP) is 1.40. The summed E-state index contributed by atoms with van der Waals surface area (Å²) in [5.41, 5.74) is 2.47. The number of aromatic nitrogens is 3. The molecule has 9 heteroatoms. The zero-order valence-corrected chi connectivity index (χ0v) is 14.8. The van der Waals surface area contributed by atoms with Gasteiger partial charge >= 0.3 is 0 Å². The van der Waals surface area contributed by atoms with Crippen LogP contribution in [0, 0.1) is 0 Å². The standard InChI is InChI=1S/C16H20N4O4S/c1-25(22,23)20-8-4-7-13(20)15-18-16(24-19-15)11-9-14(21)17-12-6-3-2-5-10(11)12/h9,13H,2-8H2,1H3,(H,17,21). The SMILES string of the molecule is CS(=O)(=O)N1CCCC1c1noc(-c2cc(=O)[nH]c3c2CCCC3)n1. The van der Waals surface area contributed by atoms with Crippen LogP contribution in [0.1, 0.15) is 48.8 Å². The summed E-state index contributed by atoms with van der Waals surface area (Å²) in [4.78, 5) is 19.3. The van der Waals surface area contributed by atoms with Gasteiger partial charge in [-0.2, -0.15) is 9.29 Å². The molecule has 0 aromatic carbocycles. The van der Waals surface area contributed by atoms with Crippen LogP contribution in [0.25, 0.3) is 11.5 Å². The summed E-state index contributed by atoms with van der Waals surface area (Å²) in [6, 6.07) is 1.09. The average molecular weight is 364 g/mol. The third-order valence-corrected chi connectivity index (χ3v) is 6.23. The van der Waals surface area contributed by atoms with Crippen molar-refractivity contribution in [1.29, 1.82) is 0 Å². The van der Waals surface area contributed by atoms with E-state index >= 15 is 0 Å². The predicted molar refractivity (Wildman–Crippen MR) is 90.5 cm³/mol. The van der Waals surface area contributed by atoms with Crippen LogP contribution < -0.4 is 5.56 Å². The van der Waals surface area contributed by atoms with Gasteiger partial charge in [-0.3, -0.25) is 4.79 Å². The highest BCUT2D eigenvalue weighted by Gasteiger charge is 2.36. The molecule has 1 saturated heterocycles. The zero-order chi connectivity index (χ0) is 17.6. The van der Waals surface area contributed by atoms with E-state index in [9.17, 15) is 13.2 Å². The zero-order valence-electron chi connectivity index (χ0n) is 14.0. The van der Waals surface area contributed by atoms with Gasteiger partial charge in [0.15, 0.2) is 5.82 Å². The minimum absolute atomic E-state index is 0.186. The fraction of sp³-hybridized carbons (Fsp3) is 0.562. The first-order valence-corrected chi connectivity index (χ1v) is 10.3. The minimum Gasteiger partial charge on any atom is -0.334 e. The number of hydrogen-bond donors (Lipinski definition) is 1. The summed E-state index contributed by atoms with van der Waals surface area (Å²) < 4.78 is 30.7. The van der Waals surface area contributed by atoms with E-state index in [0.717, 1.165) is 43.4 Å². The van der Waals surface area contributed by atoms with Crippen LogP contribution in [0.5, 0.6) is 0 Å². The molecule has 1 aliphatic carbocycles. The van der Waals surface area contributed by atoms with Gasteiger partial charge in [0, 0.05) is 18.3 Å². The molecule has 25 heavy (non-hydrogen) atoms. The molecular formula is C16H20N4O4S. The minimum atomic E-state index is -3.32. The second kappa shape index (κ2) is 6.06. The molecule has 2 aliphatic rings. The summed E-state index contributed by atoms with van der Waals surface area (Å²) in [6.45, 7) is 0.466. The molecule has 1 aliphatic heterocycles. The first kappa shape index (κ1) is 16.5. The van der Waals surface area contributed by atoms with Crippen molar-refractivity contribution in [2.75, 3.05) is 12.8 Å². The third-order valence-electron chi connectivity index (χ3n) is 4.94. The van der Waals surface area contributed by atoms with E-state index in [4.69, 9.17) is 4.52 Å². The van der Waals surface area contributed by atoms with E-state index in [1.54, 1.807) is 0 Å². The molecule has 1 unspecified atom stereocenters. The van der Waals surface area contributed by atoms with Crippen LogP contribution in [0.15, 0.2) is 15.4 Å². The van der Waals surface area contributed by atoms with Crippen molar-refractivity contribution in [1.82, 2.24) is 19.4 Å². The Labute approximate surface area is 145 Å². The highest BCUT2D eigenvalue weighted by atomic mass is 32.2. The first-order chi connectivity index (χ1) is 11.9. The van der Waals surface area contributed by atoms with Crippen molar-refractivity contribution in [2.24, 2.45) is 0 Å². The molecule has 1 atom stereocenters. The molecule has 4 rings (SSSR count). The van der Waals surface area contributed by atoms with Gasteiger partial charge in [0.2, 0.25) is 15.6 Å². The molecule has 0 bridgehead atoms. The maximum atomic E-state index is 11.9. The summed E-state index contributed by atoms with van der Waals surface area (Å²) in [5, 5.41) is 4.01. The van der Waals surface area contributed by atoms with E-state index in [1.807, 2.05) is 0 Å². The number of fused-ring (bicyclic) bond motifs is 1. The Morgan fingerprint density at radius 3 is 2.88 bits per heavy atom. The van der Waals surface area contributed by atoms with Gasteiger partial charge < -0.3 is 9.51 Å². The lowest BCUT2D eigenvalue weighted by atomic mass is 9.92. The summed E-state index contributed by atoms with van der Waals surface area (Å²) in [6.07, 6.45) is 6.42. The van der Waals surface area contributed by atoms with E-state index in [2.05, 4.69) is 15.1 Å². The first-order valence-electron chi connectivity index (χ1n) is 8.49. The summed E-state index contributed by atoms with van der Waals surface area (Å²) in [7, 11) is -3.32. The van der Waals surface area contributed by atoms with Gasteiger partial charge in [-0.1, -0.05) is 5.16 Å². The second-order valence-corrected chi connectivity index (χ2v) is 8.64. The van der Waals surface area contributed by atoms with Crippen molar-refractivity contribution in [3.05, 3.63) is 33.5 Å². The molecule has 0 spiro atoms. The normalized spacial score (nSPS) is 21.4. The molecule has 8 nitrogen and oxygen atoms in total. The summed E-state index contributed by atoms with van der Waals surface area (Å²) in [5.74, 6) is 0.655. The van der Waals surface area contributed by atoms with Gasteiger partial charge in [0.05, 0.1) is 17.9 Å². The molecule has 0 saturated carbocycles. The topological polar surface area (TPSA) is 109 Å². The second-order valence-electron chi connectivity index (χ2n) is 6.70. The van der Waals surface area contributed by atoms with Gasteiger partial charge in [-0.25, -0.2) is 8.42 Å². The number of pyridine rings is 1. The van der Waals surface area contributed by atoms with Gasteiger partial charge in [0.25, 0.3) is 5.89 Å². The number of sulfonamides is 1. The van der Waals surface area contributed by atoms with Crippen LogP contribution in [0.4, 0.5) is 0 Å². The van der Waals surface area contributed by atoms with Crippen molar-refractivity contribution >= 4 is 10.0 Å². The number of nitrogens with zero attached hydrogens (tertiary/aromatic N) is 3. The van der Waals surface area contributed by atoms with Crippen molar-refractivity contribution in [3.63, 3.8) is 0 Å². The monoisotopic (exact) mass is 364 g/mol. The van der Waals surface area contributed by atoms with E-state index < -0.39 is 16.1 Å². The molecule has 134 valence electrons. The van der Waals surface area contributed by atoms with E-state index in [1.165, 1.54) is 16.6 Å². The molecule has 1 N–H and O–H groups in total. The van der Waals surface area contributed by atoms with Crippen molar-refractivity contribution < 1.29 is 12.9 Å². The Hall–Kier alpha value is -2.00. The van der Waals surface area contributed by atoms with Crippen LogP contribution in [0.2, 0.25) is 0 Å². The number of H-pyrrole nitrogens is 1. The van der Waals surface area contributed by atoms with Gasteiger partial charge in [-0.15, -0.1) is 0 Å². The lowest BCUT2D eigenvalue weighted by Gasteiger charge is -2.18. The third kappa shape index (κ3) is 3.02. The molecule has 2 aromatic heterocycles. The molecule has 0 amide bonds. The highest BCUT2D eigenvalue weighted by Crippen LogP contribution is 2.34. The maximum Gasteiger partial charge on any atom is 0.258 e. The van der Waals surface area contributed by atoms with Gasteiger partial charge in [0.1, 0.15) is 0 Å². The summed E-state index contributed by atoms with van der Waals surface area (Å²) >= 11 is 0. The Balaban J connectivity index is 1.73. The molecule has 3 heterocycles. The largest absolute Gasteiger partial charge is 0.334 e. The fourth-order valence-electron chi connectivity index (χ4n) is 3.81. The van der Waals surface area contributed by atoms with Crippen LogP contribution >= 0.6 is 0 Å². The Bertz CT molecular complexity index is 963. The molecule has 1 fully saturated rings. The number of nitrogens with one attached hydrogen (secondary N) is 1. The average Bonchev–Trinajstić information content (AvgIpc) is 3.22. The smallest absolute Gasteiger partial charge is 0.258 e. The van der Waals surface area contributed by atoms with E-state index in [0.29, 0.717) is 30.2 Å². The molecule has 0 radical (unpaired) electrons. The number of rotatable bonds is 3. The quantitative estimate of drug-likeness (QED) is 0.882. The molecule has 2 aromatic rings. The number of aryl methyl sites for hydroxylation is 1. The lowest BCUT2D eigenvalue weighted by Crippen LogP contribution is -2.30. The molecular weight excluding hydrogens is 344 g/mol. The van der Waals surface area contributed by atoms with Crippen LogP contribution in [-0.4, -0.2) is 40.6 Å². The maximum absolute atomic E-state index is 11.9.